The molecule has 0 aromatic heterocycles. The largest absolute Gasteiger partial charge is 0.330 e. The maximum Gasteiger partial charge on any atom is 0.0125 e. The van der Waals surface area contributed by atoms with E-state index in [-0.39, 0.29) is 0 Å². The van der Waals surface area contributed by atoms with Gasteiger partial charge in [-0.3, -0.25) is 4.90 Å². The summed E-state index contributed by atoms with van der Waals surface area (Å²) in [6.07, 6.45) is 5.58. The minimum Gasteiger partial charge on any atom is -0.330 e. The Morgan fingerprint density at radius 1 is 1.33 bits per heavy atom. The first-order valence-electron chi connectivity index (χ1n) is 6.43. The van der Waals surface area contributed by atoms with Crippen LogP contribution < -0.4 is 5.73 Å². The lowest BCUT2D eigenvalue weighted by Gasteiger charge is -2.38. The van der Waals surface area contributed by atoms with Crippen LogP contribution in [0.25, 0.3) is 0 Å². The molecular formula is C13H26N2. The molecule has 2 aliphatic rings. The van der Waals surface area contributed by atoms with Crippen LogP contribution in [0.5, 0.6) is 0 Å². The summed E-state index contributed by atoms with van der Waals surface area (Å²) in [7, 11) is 0. The van der Waals surface area contributed by atoms with Crippen molar-refractivity contribution in [1.82, 2.24) is 4.90 Å². The number of hydrogen-bond donors (Lipinski definition) is 1. The van der Waals surface area contributed by atoms with Crippen LogP contribution in [0.15, 0.2) is 0 Å². The summed E-state index contributed by atoms with van der Waals surface area (Å²) in [5, 5.41) is 0. The zero-order chi connectivity index (χ0) is 11.1. The molecule has 0 aromatic carbocycles. The minimum absolute atomic E-state index is 0.319. The Kier molecular flexibility index (Phi) is 2.85. The van der Waals surface area contributed by atoms with E-state index in [2.05, 4.69) is 25.7 Å². The highest BCUT2D eigenvalue weighted by Gasteiger charge is 2.48. The Bertz CT molecular complexity index is 231. The Morgan fingerprint density at radius 2 is 2.07 bits per heavy atom. The number of fused-ring (bicyclic) bond motifs is 1. The van der Waals surface area contributed by atoms with Crippen LogP contribution in [0.3, 0.4) is 0 Å². The normalized spacial score (nSPS) is 38.0. The number of likely N-dealkylation sites (tertiary alicyclic amines) is 1. The Labute approximate surface area is 94.2 Å². The van der Waals surface area contributed by atoms with Gasteiger partial charge in [0.05, 0.1) is 0 Å². The molecule has 1 saturated carbocycles. The molecule has 0 unspecified atom stereocenters. The zero-order valence-corrected chi connectivity index (χ0v) is 10.6. The van der Waals surface area contributed by atoms with E-state index in [0.717, 1.165) is 12.5 Å². The van der Waals surface area contributed by atoms with E-state index >= 15 is 0 Å². The summed E-state index contributed by atoms with van der Waals surface area (Å²) in [4.78, 5) is 2.65. The fraction of sp³-hybridized carbons (Fsp3) is 1.00. The third-order valence-corrected chi connectivity index (χ3v) is 4.65. The molecule has 1 aliphatic heterocycles. The predicted molar refractivity (Wildman–Crippen MR) is 64.8 cm³/mol. The van der Waals surface area contributed by atoms with Crippen molar-refractivity contribution in [3.05, 3.63) is 0 Å². The van der Waals surface area contributed by atoms with E-state index in [1.165, 1.54) is 38.8 Å². The lowest BCUT2D eigenvalue weighted by molar-refractivity contribution is 0.134. The third-order valence-electron chi connectivity index (χ3n) is 4.65. The SMILES string of the molecule is CC(C)(C)N1C[C@H]2CCCC[C@@]2(CN)C1. The van der Waals surface area contributed by atoms with Gasteiger partial charge in [0.2, 0.25) is 0 Å². The summed E-state index contributed by atoms with van der Waals surface area (Å²) < 4.78 is 0. The molecule has 0 spiro atoms. The van der Waals surface area contributed by atoms with Gasteiger partial charge < -0.3 is 5.73 Å². The molecule has 1 saturated heterocycles. The van der Waals surface area contributed by atoms with E-state index in [1.54, 1.807) is 0 Å². The molecule has 1 aliphatic carbocycles. The van der Waals surface area contributed by atoms with Crippen LogP contribution >= 0.6 is 0 Å². The Hall–Kier alpha value is -0.0800. The van der Waals surface area contributed by atoms with Gasteiger partial charge in [-0.25, -0.2) is 0 Å². The molecule has 15 heavy (non-hydrogen) atoms. The molecule has 2 heteroatoms. The first kappa shape index (κ1) is 11.4. The number of nitrogens with zero attached hydrogens (tertiary/aromatic N) is 1. The monoisotopic (exact) mass is 210 g/mol. The standard InChI is InChI=1S/C13H26N2/c1-12(2,3)15-8-11-6-4-5-7-13(11,9-14)10-15/h11H,4-10,14H2,1-3H3/t11-,13-/m1/s1. The summed E-state index contributed by atoms with van der Waals surface area (Å²) in [5.41, 5.74) is 6.84. The van der Waals surface area contributed by atoms with Gasteiger partial charge in [-0.15, -0.1) is 0 Å². The van der Waals surface area contributed by atoms with Gasteiger partial charge in [0.1, 0.15) is 0 Å². The highest BCUT2D eigenvalue weighted by Crippen LogP contribution is 2.47. The van der Waals surface area contributed by atoms with Gasteiger partial charge in [0, 0.05) is 18.6 Å². The minimum atomic E-state index is 0.319. The quantitative estimate of drug-likeness (QED) is 0.719. The topological polar surface area (TPSA) is 29.3 Å². The van der Waals surface area contributed by atoms with Gasteiger partial charge in [0.25, 0.3) is 0 Å². The van der Waals surface area contributed by atoms with Crippen molar-refractivity contribution >= 4 is 0 Å². The van der Waals surface area contributed by atoms with E-state index < -0.39 is 0 Å². The van der Waals surface area contributed by atoms with Gasteiger partial charge >= 0.3 is 0 Å². The van der Waals surface area contributed by atoms with Crippen molar-refractivity contribution in [3.8, 4) is 0 Å². The molecule has 2 rings (SSSR count). The van der Waals surface area contributed by atoms with Crippen molar-refractivity contribution in [2.45, 2.75) is 52.0 Å². The fourth-order valence-corrected chi connectivity index (χ4v) is 3.43. The number of rotatable bonds is 1. The van der Waals surface area contributed by atoms with Crippen LogP contribution in [0.4, 0.5) is 0 Å². The molecule has 0 radical (unpaired) electrons. The molecule has 2 nitrogen and oxygen atoms in total. The van der Waals surface area contributed by atoms with Crippen molar-refractivity contribution in [2.75, 3.05) is 19.6 Å². The van der Waals surface area contributed by atoms with E-state index in [1.807, 2.05) is 0 Å². The molecule has 0 bridgehead atoms. The maximum absolute atomic E-state index is 6.06. The van der Waals surface area contributed by atoms with Crippen LogP contribution in [-0.2, 0) is 0 Å². The zero-order valence-electron chi connectivity index (χ0n) is 10.6. The predicted octanol–water partition coefficient (Wildman–Crippen LogP) is 2.24. The van der Waals surface area contributed by atoms with Crippen molar-refractivity contribution in [1.29, 1.82) is 0 Å². The summed E-state index contributed by atoms with van der Waals surface area (Å²) in [5.74, 6) is 0.871. The van der Waals surface area contributed by atoms with E-state index in [9.17, 15) is 0 Å². The molecule has 2 N–H and O–H groups in total. The van der Waals surface area contributed by atoms with E-state index in [0.29, 0.717) is 11.0 Å². The second kappa shape index (κ2) is 3.74. The van der Waals surface area contributed by atoms with Gasteiger partial charge in [0.15, 0.2) is 0 Å². The summed E-state index contributed by atoms with van der Waals surface area (Å²) in [6.45, 7) is 10.4. The summed E-state index contributed by atoms with van der Waals surface area (Å²) in [6, 6.07) is 0. The average Bonchev–Trinajstić information content (AvgIpc) is 2.57. The molecule has 0 amide bonds. The van der Waals surface area contributed by atoms with Crippen molar-refractivity contribution in [2.24, 2.45) is 17.1 Å². The third kappa shape index (κ3) is 1.94. The molecule has 2 fully saturated rings. The van der Waals surface area contributed by atoms with Crippen LogP contribution in [0.2, 0.25) is 0 Å². The van der Waals surface area contributed by atoms with Crippen molar-refractivity contribution < 1.29 is 0 Å². The molecular weight excluding hydrogens is 184 g/mol. The average molecular weight is 210 g/mol. The first-order chi connectivity index (χ1) is 6.98. The van der Waals surface area contributed by atoms with Crippen LogP contribution in [0, 0.1) is 11.3 Å². The molecule has 88 valence electrons. The smallest absolute Gasteiger partial charge is 0.0125 e. The second-order valence-electron chi connectivity index (χ2n) is 6.56. The van der Waals surface area contributed by atoms with Gasteiger partial charge in [-0.1, -0.05) is 12.8 Å². The highest BCUT2D eigenvalue weighted by atomic mass is 15.2. The lowest BCUT2D eigenvalue weighted by Crippen LogP contribution is -2.43. The Morgan fingerprint density at radius 3 is 2.60 bits per heavy atom. The fourth-order valence-electron chi connectivity index (χ4n) is 3.43. The highest BCUT2D eigenvalue weighted by molar-refractivity contribution is 5.01. The van der Waals surface area contributed by atoms with Gasteiger partial charge in [-0.2, -0.15) is 0 Å². The Balaban J connectivity index is 2.14. The summed E-state index contributed by atoms with van der Waals surface area (Å²) >= 11 is 0. The van der Waals surface area contributed by atoms with Crippen molar-refractivity contribution in [3.63, 3.8) is 0 Å². The second-order valence-corrected chi connectivity index (χ2v) is 6.56. The molecule has 1 heterocycles. The number of nitrogens with two attached hydrogens (primary N) is 1. The maximum atomic E-state index is 6.06. The molecule has 0 aromatic rings. The van der Waals surface area contributed by atoms with Crippen LogP contribution in [-0.4, -0.2) is 30.1 Å². The molecule has 2 atom stereocenters. The van der Waals surface area contributed by atoms with Crippen LogP contribution in [0.1, 0.15) is 46.5 Å². The lowest BCUT2D eigenvalue weighted by atomic mass is 9.68. The van der Waals surface area contributed by atoms with E-state index in [4.69, 9.17) is 5.73 Å². The van der Waals surface area contributed by atoms with Gasteiger partial charge in [-0.05, 0) is 51.5 Å². The number of hydrogen-bond acceptors (Lipinski definition) is 2. The first-order valence-corrected chi connectivity index (χ1v) is 6.43.